The number of carboxylic acid groups (broad SMARTS) is 1. The minimum absolute atomic E-state index is 0.0502. The molecule has 4 nitrogen and oxygen atoms in total. The average Bonchev–Trinajstić information content (AvgIpc) is 2.28. The monoisotopic (exact) mass is 251 g/mol. The molecule has 0 radical (unpaired) electrons. The van der Waals surface area contributed by atoms with Gasteiger partial charge in [-0.15, -0.1) is 0 Å². The predicted octanol–water partition coefficient (Wildman–Crippen LogP) is 2.04. The number of nitrogens with one attached hydrogen (secondary N) is 1. The third kappa shape index (κ3) is 4.04. The van der Waals surface area contributed by atoms with Gasteiger partial charge in [0.25, 0.3) is 0 Å². The van der Waals surface area contributed by atoms with Crippen molar-refractivity contribution < 1.29 is 14.6 Å². The van der Waals surface area contributed by atoms with Gasteiger partial charge in [0.1, 0.15) is 18.4 Å². The topological polar surface area (TPSA) is 58.6 Å². The molecule has 0 amide bonds. The summed E-state index contributed by atoms with van der Waals surface area (Å²) in [6.07, 6.45) is 0. The van der Waals surface area contributed by atoms with Gasteiger partial charge in [0.15, 0.2) is 0 Å². The van der Waals surface area contributed by atoms with E-state index in [1.807, 2.05) is 24.3 Å². The Morgan fingerprint density at radius 1 is 1.44 bits per heavy atom. The number of aliphatic carboxylic acids is 1. The van der Waals surface area contributed by atoms with Crippen molar-refractivity contribution in [2.24, 2.45) is 0 Å². The number of carbonyl (C=O) groups is 1. The fourth-order valence-corrected chi connectivity index (χ4v) is 1.51. The van der Waals surface area contributed by atoms with Crippen molar-refractivity contribution in [1.29, 1.82) is 0 Å². The molecule has 0 aliphatic rings. The fourth-order valence-electron chi connectivity index (χ4n) is 1.51. The Balaban J connectivity index is 2.71. The molecule has 4 heteroatoms. The highest BCUT2D eigenvalue weighted by Gasteiger charge is 2.17. The standard InChI is InChI=1S/C14H21NO3/c1-14(2,3)10-6-5-7-11(8-10)18-9-12(15-4)13(16)17/h5-8,12,15H,9H2,1-4H3,(H,16,17). The van der Waals surface area contributed by atoms with E-state index in [9.17, 15) is 4.79 Å². The Bertz CT molecular complexity index is 410. The lowest BCUT2D eigenvalue weighted by Gasteiger charge is -2.20. The Kier molecular flexibility index (Phi) is 4.73. The van der Waals surface area contributed by atoms with E-state index in [1.54, 1.807) is 7.05 Å². The minimum Gasteiger partial charge on any atom is -0.491 e. The van der Waals surface area contributed by atoms with E-state index < -0.39 is 12.0 Å². The molecule has 1 rings (SSSR count). The summed E-state index contributed by atoms with van der Waals surface area (Å²) in [6, 6.07) is 7.06. The number of benzene rings is 1. The largest absolute Gasteiger partial charge is 0.491 e. The molecule has 1 aromatic rings. The molecule has 0 spiro atoms. The second-order valence-corrected chi connectivity index (χ2v) is 5.27. The molecule has 0 heterocycles. The van der Waals surface area contributed by atoms with E-state index in [4.69, 9.17) is 9.84 Å². The highest BCUT2D eigenvalue weighted by molar-refractivity contribution is 5.73. The van der Waals surface area contributed by atoms with Crippen molar-refractivity contribution >= 4 is 5.97 Å². The normalized spacial score (nSPS) is 13.1. The summed E-state index contributed by atoms with van der Waals surface area (Å²) < 4.78 is 5.51. The maximum atomic E-state index is 10.8. The van der Waals surface area contributed by atoms with Crippen LogP contribution < -0.4 is 10.1 Å². The number of hydrogen-bond donors (Lipinski definition) is 2. The van der Waals surface area contributed by atoms with Gasteiger partial charge >= 0.3 is 5.97 Å². The van der Waals surface area contributed by atoms with Gasteiger partial charge in [0.2, 0.25) is 0 Å². The van der Waals surface area contributed by atoms with Crippen LogP contribution in [0.25, 0.3) is 0 Å². The molecule has 1 aromatic carbocycles. The molecular weight excluding hydrogens is 230 g/mol. The Morgan fingerprint density at radius 3 is 2.61 bits per heavy atom. The first kappa shape index (κ1) is 14.5. The van der Waals surface area contributed by atoms with Gasteiger partial charge in [0, 0.05) is 0 Å². The van der Waals surface area contributed by atoms with Crippen LogP contribution >= 0.6 is 0 Å². The summed E-state index contributed by atoms with van der Waals surface area (Å²) in [4.78, 5) is 10.8. The molecule has 0 bridgehead atoms. The first-order valence-electron chi connectivity index (χ1n) is 5.98. The van der Waals surface area contributed by atoms with Crippen LogP contribution in [0.1, 0.15) is 26.3 Å². The first-order valence-corrected chi connectivity index (χ1v) is 5.98. The summed E-state index contributed by atoms with van der Waals surface area (Å²) in [7, 11) is 1.60. The summed E-state index contributed by atoms with van der Waals surface area (Å²) in [6.45, 7) is 6.48. The summed E-state index contributed by atoms with van der Waals surface area (Å²) in [5.41, 5.74) is 1.21. The second-order valence-electron chi connectivity index (χ2n) is 5.27. The lowest BCUT2D eigenvalue weighted by atomic mass is 9.87. The van der Waals surface area contributed by atoms with Crippen LogP contribution in [-0.4, -0.2) is 30.8 Å². The molecule has 1 atom stereocenters. The molecule has 0 aliphatic carbocycles. The van der Waals surface area contributed by atoms with Gasteiger partial charge in [-0.25, -0.2) is 0 Å². The van der Waals surface area contributed by atoms with E-state index in [-0.39, 0.29) is 12.0 Å². The lowest BCUT2D eigenvalue weighted by molar-refractivity contribution is -0.140. The van der Waals surface area contributed by atoms with Crippen LogP contribution in [0.15, 0.2) is 24.3 Å². The molecular formula is C14H21NO3. The van der Waals surface area contributed by atoms with Crippen molar-refractivity contribution in [3.05, 3.63) is 29.8 Å². The maximum absolute atomic E-state index is 10.8. The SMILES string of the molecule is CNC(COc1cccc(C(C)(C)C)c1)C(=O)O. The van der Waals surface area contributed by atoms with Crippen LogP contribution in [-0.2, 0) is 10.2 Å². The molecule has 0 saturated carbocycles. The third-order valence-corrected chi connectivity index (χ3v) is 2.76. The van der Waals surface area contributed by atoms with Crippen LogP contribution in [0.3, 0.4) is 0 Å². The Hall–Kier alpha value is -1.55. The van der Waals surface area contributed by atoms with Crippen molar-refractivity contribution in [1.82, 2.24) is 5.32 Å². The molecule has 0 saturated heterocycles. The second kappa shape index (κ2) is 5.87. The van der Waals surface area contributed by atoms with Crippen LogP contribution in [0.5, 0.6) is 5.75 Å². The van der Waals surface area contributed by atoms with Gasteiger partial charge in [0.05, 0.1) is 0 Å². The van der Waals surface area contributed by atoms with Crippen molar-refractivity contribution in [3.8, 4) is 5.75 Å². The first-order chi connectivity index (χ1) is 8.34. The number of likely N-dealkylation sites (N-methyl/N-ethyl adjacent to an activating group) is 1. The number of ether oxygens (including phenoxy) is 1. The van der Waals surface area contributed by atoms with Gasteiger partial charge in [-0.05, 0) is 30.2 Å². The molecule has 0 aromatic heterocycles. The number of carboxylic acids is 1. The van der Waals surface area contributed by atoms with Crippen molar-refractivity contribution in [2.45, 2.75) is 32.2 Å². The highest BCUT2D eigenvalue weighted by atomic mass is 16.5. The minimum atomic E-state index is -0.913. The van der Waals surface area contributed by atoms with E-state index in [2.05, 4.69) is 26.1 Å². The Morgan fingerprint density at radius 2 is 2.11 bits per heavy atom. The molecule has 0 aliphatic heterocycles. The number of hydrogen-bond acceptors (Lipinski definition) is 3. The van der Waals surface area contributed by atoms with E-state index in [0.29, 0.717) is 5.75 Å². The van der Waals surface area contributed by atoms with Crippen LogP contribution in [0, 0.1) is 0 Å². The summed E-state index contributed by atoms with van der Waals surface area (Å²) in [5.74, 6) is -0.214. The highest BCUT2D eigenvalue weighted by Crippen LogP contribution is 2.25. The number of rotatable bonds is 5. The molecule has 1 unspecified atom stereocenters. The van der Waals surface area contributed by atoms with Gasteiger partial charge < -0.3 is 15.2 Å². The zero-order valence-corrected chi connectivity index (χ0v) is 11.4. The van der Waals surface area contributed by atoms with E-state index in [0.717, 1.165) is 5.56 Å². The van der Waals surface area contributed by atoms with E-state index >= 15 is 0 Å². The maximum Gasteiger partial charge on any atom is 0.324 e. The zero-order valence-electron chi connectivity index (χ0n) is 11.4. The molecule has 2 N–H and O–H groups in total. The molecule has 18 heavy (non-hydrogen) atoms. The molecule has 100 valence electrons. The zero-order chi connectivity index (χ0) is 13.8. The van der Waals surface area contributed by atoms with Crippen molar-refractivity contribution in [2.75, 3.05) is 13.7 Å². The lowest BCUT2D eigenvalue weighted by Crippen LogP contribution is -2.39. The van der Waals surface area contributed by atoms with Crippen LogP contribution in [0.2, 0.25) is 0 Å². The van der Waals surface area contributed by atoms with E-state index in [1.165, 1.54) is 0 Å². The smallest absolute Gasteiger partial charge is 0.324 e. The quantitative estimate of drug-likeness (QED) is 0.840. The summed E-state index contributed by atoms with van der Waals surface area (Å²) >= 11 is 0. The van der Waals surface area contributed by atoms with Crippen molar-refractivity contribution in [3.63, 3.8) is 0 Å². The van der Waals surface area contributed by atoms with Gasteiger partial charge in [-0.1, -0.05) is 32.9 Å². The third-order valence-electron chi connectivity index (χ3n) is 2.76. The average molecular weight is 251 g/mol. The van der Waals surface area contributed by atoms with Crippen LogP contribution in [0.4, 0.5) is 0 Å². The fraction of sp³-hybridized carbons (Fsp3) is 0.500. The van der Waals surface area contributed by atoms with Gasteiger partial charge in [-0.2, -0.15) is 0 Å². The predicted molar refractivity (Wildman–Crippen MR) is 71.1 cm³/mol. The molecule has 0 fully saturated rings. The van der Waals surface area contributed by atoms with Gasteiger partial charge in [-0.3, -0.25) is 4.79 Å². The Labute approximate surface area is 108 Å². The summed E-state index contributed by atoms with van der Waals surface area (Å²) in [5, 5.41) is 11.6.